The smallest absolute Gasteiger partial charge is 0.315 e. The highest BCUT2D eigenvalue weighted by Gasteiger charge is 2.51. The van der Waals surface area contributed by atoms with E-state index in [-0.39, 0.29) is 29.8 Å². The van der Waals surface area contributed by atoms with Gasteiger partial charge in [-0.25, -0.2) is 13.2 Å². The summed E-state index contributed by atoms with van der Waals surface area (Å²) in [6.45, 7) is 4.03. The molecule has 3 aliphatic rings. The van der Waals surface area contributed by atoms with E-state index in [4.69, 9.17) is 0 Å². The summed E-state index contributed by atoms with van der Waals surface area (Å²) in [7, 11) is -3.21. The van der Waals surface area contributed by atoms with Gasteiger partial charge in [-0.15, -0.1) is 0 Å². The minimum absolute atomic E-state index is 0.00303. The number of nitrogens with zero attached hydrogens (tertiary/aromatic N) is 2. The van der Waals surface area contributed by atoms with Gasteiger partial charge >= 0.3 is 6.03 Å². The van der Waals surface area contributed by atoms with E-state index in [1.807, 2.05) is 4.90 Å². The third-order valence-corrected chi connectivity index (χ3v) is 9.72. The van der Waals surface area contributed by atoms with Gasteiger partial charge in [0.25, 0.3) is 0 Å². The van der Waals surface area contributed by atoms with Crippen LogP contribution in [0.25, 0.3) is 10.8 Å². The van der Waals surface area contributed by atoms with Crippen LogP contribution in [0, 0.1) is 0 Å². The van der Waals surface area contributed by atoms with Crippen LogP contribution in [0.2, 0.25) is 0 Å². The van der Waals surface area contributed by atoms with E-state index in [0.29, 0.717) is 25.7 Å². The van der Waals surface area contributed by atoms with Crippen LogP contribution < -0.4 is 10.6 Å². The molecule has 8 nitrogen and oxygen atoms in total. The minimum atomic E-state index is -3.21. The predicted octanol–water partition coefficient (Wildman–Crippen LogP) is 1.89. The monoisotopic (exact) mass is 484 g/mol. The van der Waals surface area contributed by atoms with E-state index in [0.717, 1.165) is 32.7 Å². The normalized spacial score (nSPS) is 26.3. The Kier molecular flexibility index (Phi) is 6.48. The van der Waals surface area contributed by atoms with E-state index in [1.54, 1.807) is 0 Å². The van der Waals surface area contributed by atoms with Crippen LogP contribution in [0.5, 0.6) is 0 Å². The van der Waals surface area contributed by atoms with Crippen LogP contribution in [0.15, 0.2) is 42.5 Å². The second-order valence-electron chi connectivity index (χ2n) is 9.66. The fourth-order valence-electron chi connectivity index (χ4n) is 5.61. The van der Waals surface area contributed by atoms with Crippen molar-refractivity contribution < 1.29 is 18.0 Å². The molecule has 3 aliphatic heterocycles. The Morgan fingerprint density at radius 3 is 2.56 bits per heavy atom. The maximum absolute atomic E-state index is 12.7. The zero-order valence-corrected chi connectivity index (χ0v) is 20.1. The van der Waals surface area contributed by atoms with Crippen molar-refractivity contribution in [2.75, 3.05) is 31.9 Å². The number of unbranched alkanes of at least 4 members (excludes halogenated alkanes) is 1. The first-order valence-corrected chi connectivity index (χ1v) is 13.9. The summed E-state index contributed by atoms with van der Waals surface area (Å²) in [5, 5.41) is 7.42. The van der Waals surface area contributed by atoms with Crippen LogP contribution >= 0.6 is 0 Å². The third kappa shape index (κ3) is 4.77. The maximum atomic E-state index is 12.7. The number of amides is 3. The summed E-state index contributed by atoms with van der Waals surface area (Å²) >= 11 is 0. The molecular formula is C25H32N4O4S. The highest BCUT2D eigenvalue weighted by Crippen LogP contribution is 2.28. The second-order valence-corrected chi connectivity index (χ2v) is 11.9. The lowest BCUT2D eigenvalue weighted by Gasteiger charge is -2.35. The van der Waals surface area contributed by atoms with Gasteiger partial charge in [-0.05, 0) is 29.2 Å². The summed E-state index contributed by atoms with van der Waals surface area (Å²) in [6.07, 6.45) is 2.25. The van der Waals surface area contributed by atoms with Crippen molar-refractivity contribution in [1.29, 1.82) is 0 Å². The number of benzene rings is 2. The standard InChI is InChI=1S/C25H32N4O4S/c30-23(11-4-3-10-22-24-21(17-34(22,32)33)26-25(31)27-24)29-14-12-28(13-15-29)16-19-8-5-7-18-6-1-2-9-20(18)19/h1-2,5-9,21-22,24H,3-4,10-17H2,(H2,26,27,31)/t21-,22+,24+/m1/s1. The number of hydrogen-bond acceptors (Lipinski definition) is 5. The summed E-state index contributed by atoms with van der Waals surface area (Å²) in [6, 6.07) is 13.9. The molecule has 0 aromatic heterocycles. The molecule has 182 valence electrons. The lowest BCUT2D eigenvalue weighted by Crippen LogP contribution is -2.48. The summed E-state index contributed by atoms with van der Waals surface area (Å²) in [5.74, 6) is 0.149. The molecule has 3 heterocycles. The third-order valence-electron chi connectivity index (χ3n) is 7.45. The number of hydrogen-bond donors (Lipinski definition) is 2. The number of nitrogens with one attached hydrogen (secondary N) is 2. The molecule has 3 atom stereocenters. The summed E-state index contributed by atoms with van der Waals surface area (Å²) in [4.78, 5) is 28.6. The molecule has 0 saturated carbocycles. The number of urea groups is 1. The molecule has 0 bridgehead atoms. The van der Waals surface area contributed by atoms with Crippen molar-refractivity contribution in [2.45, 2.75) is 49.6 Å². The first kappa shape index (κ1) is 23.1. The van der Waals surface area contributed by atoms with Crippen LogP contribution in [0.3, 0.4) is 0 Å². The van der Waals surface area contributed by atoms with Crippen LogP contribution in [-0.4, -0.2) is 79.4 Å². The number of rotatable bonds is 7. The molecule has 0 radical (unpaired) electrons. The highest BCUT2D eigenvalue weighted by molar-refractivity contribution is 7.92. The molecule has 3 saturated heterocycles. The number of fused-ring (bicyclic) bond motifs is 2. The molecule has 3 fully saturated rings. The topological polar surface area (TPSA) is 98.8 Å². The molecular weight excluding hydrogens is 452 g/mol. The van der Waals surface area contributed by atoms with E-state index in [9.17, 15) is 18.0 Å². The van der Waals surface area contributed by atoms with E-state index >= 15 is 0 Å². The zero-order valence-electron chi connectivity index (χ0n) is 19.3. The van der Waals surface area contributed by atoms with Crippen LogP contribution in [0.1, 0.15) is 31.2 Å². The average Bonchev–Trinajstić information content (AvgIpc) is 3.28. The fraction of sp³-hybridized carbons (Fsp3) is 0.520. The number of carbonyl (C=O) groups excluding carboxylic acids is 2. The lowest BCUT2D eigenvalue weighted by atomic mass is 10.0. The molecule has 2 aromatic rings. The van der Waals surface area contributed by atoms with Crippen molar-refractivity contribution >= 4 is 32.5 Å². The Balaban J connectivity index is 1.06. The van der Waals surface area contributed by atoms with Crippen molar-refractivity contribution in [2.24, 2.45) is 0 Å². The van der Waals surface area contributed by atoms with Gasteiger partial charge < -0.3 is 15.5 Å². The Morgan fingerprint density at radius 1 is 0.971 bits per heavy atom. The van der Waals surface area contributed by atoms with Crippen molar-refractivity contribution in [3.8, 4) is 0 Å². The largest absolute Gasteiger partial charge is 0.340 e. The van der Waals surface area contributed by atoms with Crippen LogP contribution in [0.4, 0.5) is 4.79 Å². The van der Waals surface area contributed by atoms with Gasteiger partial charge in [0, 0.05) is 39.1 Å². The predicted molar refractivity (Wildman–Crippen MR) is 131 cm³/mol. The molecule has 9 heteroatoms. The number of piperazine rings is 1. The molecule has 0 spiro atoms. The first-order chi connectivity index (χ1) is 16.4. The Bertz CT molecular complexity index is 1170. The van der Waals surface area contributed by atoms with Crippen molar-refractivity contribution in [3.63, 3.8) is 0 Å². The molecule has 2 aromatic carbocycles. The quantitative estimate of drug-likeness (QED) is 0.462. The average molecular weight is 485 g/mol. The molecule has 0 aliphatic carbocycles. The molecule has 3 amide bonds. The highest BCUT2D eigenvalue weighted by atomic mass is 32.2. The zero-order chi connectivity index (χ0) is 23.7. The van der Waals surface area contributed by atoms with Gasteiger partial charge in [0.15, 0.2) is 9.84 Å². The Hall–Kier alpha value is -2.65. The molecule has 0 unspecified atom stereocenters. The molecule has 34 heavy (non-hydrogen) atoms. The second kappa shape index (κ2) is 9.54. The van der Waals surface area contributed by atoms with Crippen molar-refractivity contribution in [1.82, 2.24) is 20.4 Å². The molecule has 2 N–H and O–H groups in total. The van der Waals surface area contributed by atoms with E-state index in [1.165, 1.54) is 16.3 Å². The van der Waals surface area contributed by atoms with E-state index in [2.05, 4.69) is 58.0 Å². The fourth-order valence-corrected chi connectivity index (χ4v) is 7.88. The SMILES string of the molecule is O=C1N[C@H]2[C@@H](CS(=O)(=O)[C@H]2CCCCC(=O)N2CCN(Cc3cccc4ccccc34)CC2)N1. The maximum Gasteiger partial charge on any atom is 0.315 e. The number of sulfone groups is 1. The molecule has 5 rings (SSSR count). The van der Waals surface area contributed by atoms with Gasteiger partial charge in [-0.1, -0.05) is 48.9 Å². The van der Waals surface area contributed by atoms with Gasteiger partial charge in [0.1, 0.15) is 0 Å². The van der Waals surface area contributed by atoms with Gasteiger partial charge in [0.2, 0.25) is 5.91 Å². The summed E-state index contributed by atoms with van der Waals surface area (Å²) < 4.78 is 24.8. The number of carbonyl (C=O) groups is 2. The lowest BCUT2D eigenvalue weighted by molar-refractivity contribution is -0.133. The van der Waals surface area contributed by atoms with Gasteiger partial charge in [-0.2, -0.15) is 0 Å². The van der Waals surface area contributed by atoms with E-state index < -0.39 is 15.1 Å². The minimum Gasteiger partial charge on any atom is -0.340 e. The Labute approximate surface area is 200 Å². The van der Waals surface area contributed by atoms with Crippen LogP contribution in [-0.2, 0) is 21.2 Å². The first-order valence-electron chi connectivity index (χ1n) is 12.2. The van der Waals surface area contributed by atoms with Crippen molar-refractivity contribution in [3.05, 3.63) is 48.0 Å². The van der Waals surface area contributed by atoms with Gasteiger partial charge in [-0.3, -0.25) is 9.69 Å². The van der Waals surface area contributed by atoms with Gasteiger partial charge in [0.05, 0.1) is 23.1 Å². The summed E-state index contributed by atoms with van der Waals surface area (Å²) in [5.41, 5.74) is 1.32. The Morgan fingerprint density at radius 2 is 1.74 bits per heavy atom.